The number of aromatic nitrogens is 3. The SMILES string of the molecule is Nc1nc(-c2cccnc2)nc2c1COCC2. The Morgan fingerprint density at radius 3 is 3.06 bits per heavy atom. The van der Waals surface area contributed by atoms with E-state index in [1.165, 1.54) is 0 Å². The topological polar surface area (TPSA) is 73.9 Å². The van der Waals surface area contributed by atoms with E-state index in [2.05, 4.69) is 15.0 Å². The van der Waals surface area contributed by atoms with Gasteiger partial charge in [0.1, 0.15) is 5.82 Å². The summed E-state index contributed by atoms with van der Waals surface area (Å²) < 4.78 is 5.35. The second kappa shape index (κ2) is 4.10. The molecule has 0 atom stereocenters. The van der Waals surface area contributed by atoms with Gasteiger partial charge < -0.3 is 10.5 Å². The van der Waals surface area contributed by atoms with Crippen LogP contribution in [-0.4, -0.2) is 21.6 Å². The van der Waals surface area contributed by atoms with Crippen LogP contribution in [-0.2, 0) is 17.8 Å². The largest absolute Gasteiger partial charge is 0.383 e. The van der Waals surface area contributed by atoms with Crippen LogP contribution in [0.15, 0.2) is 24.5 Å². The molecule has 0 saturated heterocycles. The van der Waals surface area contributed by atoms with Crippen molar-refractivity contribution in [2.45, 2.75) is 13.0 Å². The van der Waals surface area contributed by atoms with Gasteiger partial charge in [-0.3, -0.25) is 4.98 Å². The average Bonchev–Trinajstić information content (AvgIpc) is 2.40. The fraction of sp³-hybridized carbons (Fsp3) is 0.250. The van der Waals surface area contributed by atoms with Crippen molar-refractivity contribution in [3.8, 4) is 11.4 Å². The standard InChI is InChI=1S/C12H12N4O/c13-11-9-7-17-5-3-10(9)15-12(16-11)8-2-1-4-14-6-8/h1-2,4,6H,3,5,7H2,(H2,13,15,16). The molecule has 0 spiro atoms. The fourth-order valence-electron chi connectivity index (χ4n) is 1.88. The van der Waals surface area contributed by atoms with Gasteiger partial charge >= 0.3 is 0 Å². The highest BCUT2D eigenvalue weighted by molar-refractivity contribution is 5.57. The highest BCUT2D eigenvalue weighted by Crippen LogP contribution is 2.23. The predicted molar refractivity (Wildman–Crippen MR) is 63.0 cm³/mol. The monoisotopic (exact) mass is 228 g/mol. The molecule has 1 aliphatic rings. The molecule has 0 saturated carbocycles. The molecular weight excluding hydrogens is 216 g/mol. The van der Waals surface area contributed by atoms with Gasteiger partial charge in [-0.05, 0) is 12.1 Å². The lowest BCUT2D eigenvalue weighted by atomic mass is 10.1. The zero-order chi connectivity index (χ0) is 11.7. The summed E-state index contributed by atoms with van der Waals surface area (Å²) in [5.74, 6) is 1.14. The molecule has 0 aromatic carbocycles. The normalized spacial score (nSPS) is 14.4. The molecule has 0 aliphatic carbocycles. The maximum Gasteiger partial charge on any atom is 0.163 e. The summed E-state index contributed by atoms with van der Waals surface area (Å²) in [6.07, 6.45) is 4.24. The Morgan fingerprint density at radius 1 is 1.29 bits per heavy atom. The number of fused-ring (bicyclic) bond motifs is 1. The zero-order valence-electron chi connectivity index (χ0n) is 9.26. The Labute approximate surface area is 98.7 Å². The molecule has 1 aliphatic heterocycles. The first-order chi connectivity index (χ1) is 8.34. The molecule has 2 aromatic heterocycles. The van der Waals surface area contributed by atoms with Crippen LogP contribution in [0.1, 0.15) is 11.3 Å². The molecule has 0 unspecified atom stereocenters. The number of nitrogen functional groups attached to an aromatic ring is 1. The molecule has 2 N–H and O–H groups in total. The number of rotatable bonds is 1. The number of hydrogen-bond donors (Lipinski definition) is 1. The van der Waals surface area contributed by atoms with Gasteiger partial charge in [0.25, 0.3) is 0 Å². The first kappa shape index (κ1) is 10.2. The van der Waals surface area contributed by atoms with E-state index in [-0.39, 0.29) is 0 Å². The average molecular weight is 228 g/mol. The minimum atomic E-state index is 0.508. The molecule has 17 heavy (non-hydrogen) atoms. The Hall–Kier alpha value is -2.01. The Balaban J connectivity index is 2.11. The molecule has 5 heteroatoms. The maximum absolute atomic E-state index is 5.93. The van der Waals surface area contributed by atoms with Crippen LogP contribution in [0.3, 0.4) is 0 Å². The smallest absolute Gasteiger partial charge is 0.163 e. The van der Waals surface area contributed by atoms with Crippen molar-refractivity contribution in [3.63, 3.8) is 0 Å². The summed E-state index contributed by atoms with van der Waals surface area (Å²) in [6.45, 7) is 1.20. The van der Waals surface area contributed by atoms with Gasteiger partial charge in [0.05, 0.1) is 18.9 Å². The molecule has 3 rings (SSSR count). The van der Waals surface area contributed by atoms with Gasteiger partial charge in [-0.25, -0.2) is 9.97 Å². The van der Waals surface area contributed by atoms with Gasteiger partial charge in [-0.2, -0.15) is 0 Å². The summed E-state index contributed by atoms with van der Waals surface area (Å²) >= 11 is 0. The van der Waals surface area contributed by atoms with Crippen molar-refractivity contribution in [1.82, 2.24) is 15.0 Å². The number of pyridine rings is 1. The van der Waals surface area contributed by atoms with Crippen LogP contribution in [0.25, 0.3) is 11.4 Å². The number of ether oxygens (including phenoxy) is 1. The first-order valence-electron chi connectivity index (χ1n) is 5.48. The van der Waals surface area contributed by atoms with Crippen molar-refractivity contribution in [2.24, 2.45) is 0 Å². The summed E-state index contributed by atoms with van der Waals surface area (Å²) in [6, 6.07) is 3.78. The second-order valence-electron chi connectivity index (χ2n) is 3.90. The van der Waals surface area contributed by atoms with E-state index in [1.54, 1.807) is 12.4 Å². The molecule has 5 nitrogen and oxygen atoms in total. The van der Waals surface area contributed by atoms with E-state index in [0.29, 0.717) is 24.9 Å². The molecule has 0 amide bonds. The van der Waals surface area contributed by atoms with E-state index in [4.69, 9.17) is 10.5 Å². The Morgan fingerprint density at radius 2 is 2.24 bits per heavy atom. The van der Waals surface area contributed by atoms with E-state index in [0.717, 1.165) is 23.2 Å². The van der Waals surface area contributed by atoms with E-state index >= 15 is 0 Å². The van der Waals surface area contributed by atoms with E-state index < -0.39 is 0 Å². The van der Waals surface area contributed by atoms with Gasteiger partial charge in [0, 0.05) is 29.9 Å². The van der Waals surface area contributed by atoms with E-state index in [9.17, 15) is 0 Å². The van der Waals surface area contributed by atoms with Crippen LogP contribution in [0.4, 0.5) is 5.82 Å². The van der Waals surface area contributed by atoms with Crippen LogP contribution in [0.2, 0.25) is 0 Å². The van der Waals surface area contributed by atoms with Gasteiger partial charge in [0.15, 0.2) is 5.82 Å². The molecular formula is C12H12N4O. The highest BCUT2D eigenvalue weighted by atomic mass is 16.5. The van der Waals surface area contributed by atoms with Crippen LogP contribution in [0, 0.1) is 0 Å². The third-order valence-corrected chi connectivity index (χ3v) is 2.77. The Kier molecular flexibility index (Phi) is 2.45. The summed E-state index contributed by atoms with van der Waals surface area (Å²) in [7, 11) is 0. The summed E-state index contributed by atoms with van der Waals surface area (Å²) in [4.78, 5) is 12.9. The molecule has 2 aromatic rings. The lowest BCUT2D eigenvalue weighted by Crippen LogP contribution is -2.16. The number of nitrogens with zero attached hydrogens (tertiary/aromatic N) is 3. The maximum atomic E-state index is 5.93. The number of anilines is 1. The summed E-state index contributed by atoms with van der Waals surface area (Å²) in [5.41, 5.74) is 8.72. The molecule has 0 radical (unpaired) electrons. The van der Waals surface area contributed by atoms with Crippen LogP contribution < -0.4 is 5.73 Å². The minimum absolute atomic E-state index is 0.508. The zero-order valence-corrected chi connectivity index (χ0v) is 9.26. The lowest BCUT2D eigenvalue weighted by Gasteiger charge is -2.17. The van der Waals surface area contributed by atoms with Crippen molar-refractivity contribution in [1.29, 1.82) is 0 Å². The Bertz CT molecular complexity index is 542. The lowest BCUT2D eigenvalue weighted by molar-refractivity contribution is 0.109. The minimum Gasteiger partial charge on any atom is -0.383 e. The molecule has 0 bridgehead atoms. The second-order valence-corrected chi connectivity index (χ2v) is 3.90. The van der Waals surface area contributed by atoms with Crippen LogP contribution in [0.5, 0.6) is 0 Å². The predicted octanol–water partition coefficient (Wildman–Crippen LogP) is 1.19. The van der Waals surface area contributed by atoms with Crippen LogP contribution >= 0.6 is 0 Å². The van der Waals surface area contributed by atoms with Crippen molar-refractivity contribution in [2.75, 3.05) is 12.3 Å². The van der Waals surface area contributed by atoms with Gasteiger partial charge in [-0.15, -0.1) is 0 Å². The number of hydrogen-bond acceptors (Lipinski definition) is 5. The van der Waals surface area contributed by atoms with Gasteiger partial charge in [0.2, 0.25) is 0 Å². The highest BCUT2D eigenvalue weighted by Gasteiger charge is 2.17. The van der Waals surface area contributed by atoms with Crippen molar-refractivity contribution < 1.29 is 4.74 Å². The third kappa shape index (κ3) is 1.85. The molecule has 0 fully saturated rings. The first-order valence-corrected chi connectivity index (χ1v) is 5.48. The fourth-order valence-corrected chi connectivity index (χ4v) is 1.88. The van der Waals surface area contributed by atoms with Gasteiger partial charge in [-0.1, -0.05) is 0 Å². The number of nitrogens with two attached hydrogens (primary N) is 1. The third-order valence-electron chi connectivity index (χ3n) is 2.77. The summed E-state index contributed by atoms with van der Waals surface area (Å²) in [5, 5.41) is 0. The quantitative estimate of drug-likeness (QED) is 0.793. The molecule has 3 heterocycles. The van der Waals surface area contributed by atoms with E-state index in [1.807, 2.05) is 12.1 Å². The van der Waals surface area contributed by atoms with Crippen molar-refractivity contribution in [3.05, 3.63) is 35.8 Å². The molecule has 86 valence electrons. The van der Waals surface area contributed by atoms with Crippen molar-refractivity contribution >= 4 is 5.82 Å².